The summed E-state index contributed by atoms with van der Waals surface area (Å²) in [4.78, 5) is 11.9. The SMILES string of the molecule is Cc1ccc(C(=O)Nc2c(F)c(F)cc(F)c2F)cc1Br. The van der Waals surface area contributed by atoms with E-state index in [-0.39, 0.29) is 11.6 Å². The summed E-state index contributed by atoms with van der Waals surface area (Å²) in [7, 11) is 0. The molecule has 0 aromatic heterocycles. The van der Waals surface area contributed by atoms with E-state index in [4.69, 9.17) is 0 Å². The topological polar surface area (TPSA) is 29.1 Å². The van der Waals surface area contributed by atoms with Crippen molar-refractivity contribution in [3.63, 3.8) is 0 Å². The van der Waals surface area contributed by atoms with Crippen LogP contribution in [0.4, 0.5) is 23.2 Å². The zero-order valence-electron chi connectivity index (χ0n) is 10.6. The van der Waals surface area contributed by atoms with E-state index in [1.54, 1.807) is 13.0 Å². The average Bonchev–Trinajstić information content (AvgIpc) is 2.44. The Morgan fingerprint density at radius 3 is 2.14 bits per heavy atom. The number of rotatable bonds is 2. The summed E-state index contributed by atoms with van der Waals surface area (Å²) in [5, 5.41) is 1.83. The number of carbonyl (C=O) groups excluding carboxylic acids is 1. The van der Waals surface area contributed by atoms with Gasteiger partial charge in [-0.1, -0.05) is 22.0 Å². The zero-order chi connectivity index (χ0) is 15.7. The fourth-order valence-electron chi connectivity index (χ4n) is 1.60. The van der Waals surface area contributed by atoms with E-state index in [9.17, 15) is 22.4 Å². The van der Waals surface area contributed by atoms with Gasteiger partial charge in [-0.05, 0) is 24.6 Å². The molecule has 0 aliphatic heterocycles. The van der Waals surface area contributed by atoms with Crippen LogP contribution < -0.4 is 5.32 Å². The van der Waals surface area contributed by atoms with Gasteiger partial charge in [0.05, 0.1) is 0 Å². The Kier molecular flexibility index (Phi) is 4.32. The average molecular weight is 362 g/mol. The molecule has 110 valence electrons. The van der Waals surface area contributed by atoms with Crippen LogP contribution in [0.25, 0.3) is 0 Å². The maximum absolute atomic E-state index is 13.5. The molecule has 2 rings (SSSR count). The normalized spacial score (nSPS) is 10.6. The molecule has 0 spiro atoms. The van der Waals surface area contributed by atoms with Crippen LogP contribution >= 0.6 is 15.9 Å². The lowest BCUT2D eigenvalue weighted by atomic mass is 10.1. The monoisotopic (exact) mass is 361 g/mol. The van der Waals surface area contributed by atoms with Crippen LogP contribution in [0.1, 0.15) is 15.9 Å². The Hall–Kier alpha value is -1.89. The first-order valence-electron chi connectivity index (χ1n) is 5.71. The van der Waals surface area contributed by atoms with E-state index < -0.39 is 34.9 Å². The van der Waals surface area contributed by atoms with Crippen LogP contribution in [-0.4, -0.2) is 5.91 Å². The van der Waals surface area contributed by atoms with Crippen molar-refractivity contribution < 1.29 is 22.4 Å². The molecule has 0 heterocycles. The number of halogens is 5. The van der Waals surface area contributed by atoms with Gasteiger partial charge in [0.1, 0.15) is 5.69 Å². The van der Waals surface area contributed by atoms with E-state index in [0.717, 1.165) is 5.56 Å². The van der Waals surface area contributed by atoms with E-state index in [0.29, 0.717) is 4.47 Å². The molecule has 7 heteroatoms. The summed E-state index contributed by atoms with van der Waals surface area (Å²) in [5.41, 5.74) is -0.231. The molecule has 1 amide bonds. The summed E-state index contributed by atoms with van der Waals surface area (Å²) >= 11 is 3.20. The van der Waals surface area contributed by atoms with E-state index in [2.05, 4.69) is 15.9 Å². The Balaban J connectivity index is 2.38. The van der Waals surface area contributed by atoms with Crippen molar-refractivity contribution in [3.05, 3.63) is 63.1 Å². The highest BCUT2D eigenvalue weighted by atomic mass is 79.9. The second-order valence-electron chi connectivity index (χ2n) is 4.26. The zero-order valence-corrected chi connectivity index (χ0v) is 12.2. The highest BCUT2D eigenvalue weighted by Crippen LogP contribution is 2.25. The minimum atomic E-state index is -1.66. The number of amides is 1. The van der Waals surface area contributed by atoms with Crippen LogP contribution in [-0.2, 0) is 0 Å². The second-order valence-corrected chi connectivity index (χ2v) is 5.12. The summed E-state index contributed by atoms with van der Waals surface area (Å²) in [6.45, 7) is 1.78. The van der Waals surface area contributed by atoms with Crippen molar-refractivity contribution in [1.82, 2.24) is 0 Å². The molecule has 2 nitrogen and oxygen atoms in total. The third-order valence-corrected chi connectivity index (χ3v) is 3.64. The van der Waals surface area contributed by atoms with E-state index in [1.165, 1.54) is 12.1 Å². The fraction of sp³-hybridized carbons (Fsp3) is 0.0714. The van der Waals surface area contributed by atoms with Gasteiger partial charge in [-0.3, -0.25) is 4.79 Å². The molecule has 0 saturated heterocycles. The molecule has 0 aliphatic carbocycles. The third kappa shape index (κ3) is 3.07. The maximum Gasteiger partial charge on any atom is 0.255 e. The van der Waals surface area contributed by atoms with Crippen molar-refractivity contribution >= 4 is 27.5 Å². The minimum Gasteiger partial charge on any atom is -0.317 e. The molecule has 2 aromatic rings. The fourth-order valence-corrected chi connectivity index (χ4v) is 1.98. The van der Waals surface area contributed by atoms with Crippen LogP contribution in [0.15, 0.2) is 28.7 Å². The smallest absolute Gasteiger partial charge is 0.255 e. The molecule has 0 radical (unpaired) electrons. The number of anilines is 1. The van der Waals surface area contributed by atoms with Crippen molar-refractivity contribution in [3.8, 4) is 0 Å². The van der Waals surface area contributed by atoms with Crippen LogP contribution in [0.2, 0.25) is 0 Å². The quantitative estimate of drug-likeness (QED) is 0.616. The highest BCUT2D eigenvalue weighted by molar-refractivity contribution is 9.10. The number of hydrogen-bond acceptors (Lipinski definition) is 1. The summed E-state index contributed by atoms with van der Waals surface area (Å²) < 4.78 is 53.6. The first kappa shape index (κ1) is 15.5. The van der Waals surface area contributed by atoms with Crippen LogP contribution in [0.5, 0.6) is 0 Å². The Morgan fingerprint density at radius 1 is 1.05 bits per heavy atom. The molecule has 0 fully saturated rings. The lowest BCUT2D eigenvalue weighted by molar-refractivity contribution is 0.102. The summed E-state index contributed by atoms with van der Waals surface area (Å²) in [6.07, 6.45) is 0. The Labute approximate surface area is 125 Å². The third-order valence-electron chi connectivity index (χ3n) is 2.78. The molecule has 0 atom stereocenters. The first-order chi connectivity index (χ1) is 9.81. The second kappa shape index (κ2) is 5.85. The largest absolute Gasteiger partial charge is 0.317 e. The Morgan fingerprint density at radius 2 is 1.62 bits per heavy atom. The molecule has 2 aromatic carbocycles. The molecular formula is C14H8BrF4NO. The van der Waals surface area contributed by atoms with Crippen molar-refractivity contribution in [2.45, 2.75) is 6.92 Å². The van der Waals surface area contributed by atoms with Crippen LogP contribution in [0.3, 0.4) is 0 Å². The summed E-state index contributed by atoms with van der Waals surface area (Å²) in [6, 6.07) is 4.53. The molecule has 0 bridgehead atoms. The van der Waals surface area contributed by atoms with Crippen LogP contribution in [0, 0.1) is 30.2 Å². The number of hydrogen-bond donors (Lipinski definition) is 1. The van der Waals surface area contributed by atoms with Crippen molar-refractivity contribution in [1.29, 1.82) is 0 Å². The van der Waals surface area contributed by atoms with Gasteiger partial charge in [0, 0.05) is 16.1 Å². The number of nitrogens with one attached hydrogen (secondary N) is 1. The van der Waals surface area contributed by atoms with Gasteiger partial charge in [0.2, 0.25) is 0 Å². The first-order valence-corrected chi connectivity index (χ1v) is 6.51. The lowest BCUT2D eigenvalue weighted by Crippen LogP contribution is -2.16. The molecular weight excluding hydrogens is 354 g/mol. The lowest BCUT2D eigenvalue weighted by Gasteiger charge is -2.09. The predicted molar refractivity (Wildman–Crippen MR) is 73.1 cm³/mol. The van der Waals surface area contributed by atoms with Gasteiger partial charge >= 0.3 is 0 Å². The number of benzene rings is 2. The Bertz CT molecular complexity index is 707. The highest BCUT2D eigenvalue weighted by Gasteiger charge is 2.21. The van der Waals surface area contributed by atoms with Gasteiger partial charge in [-0.15, -0.1) is 0 Å². The predicted octanol–water partition coefficient (Wildman–Crippen LogP) is 4.57. The maximum atomic E-state index is 13.5. The standard InChI is InChI=1S/C14H8BrF4NO/c1-6-2-3-7(4-8(6)15)14(21)20-13-11(18)9(16)5-10(17)12(13)19/h2-5H,1H3,(H,20,21). The molecule has 0 unspecified atom stereocenters. The van der Waals surface area contributed by atoms with E-state index in [1.807, 2.05) is 5.32 Å². The van der Waals surface area contributed by atoms with Gasteiger partial charge in [0.25, 0.3) is 5.91 Å². The molecule has 1 N–H and O–H groups in total. The number of carbonyl (C=O) groups is 1. The molecule has 0 saturated carbocycles. The van der Waals surface area contributed by atoms with Gasteiger partial charge < -0.3 is 5.32 Å². The van der Waals surface area contributed by atoms with Crippen molar-refractivity contribution in [2.24, 2.45) is 0 Å². The minimum absolute atomic E-state index is 0.0722. The van der Waals surface area contributed by atoms with E-state index >= 15 is 0 Å². The van der Waals surface area contributed by atoms with Gasteiger partial charge in [0.15, 0.2) is 23.3 Å². The summed E-state index contributed by atoms with van der Waals surface area (Å²) in [5.74, 6) is -7.39. The molecule has 21 heavy (non-hydrogen) atoms. The van der Waals surface area contributed by atoms with Gasteiger partial charge in [-0.25, -0.2) is 17.6 Å². The van der Waals surface area contributed by atoms with Crippen molar-refractivity contribution in [2.75, 3.05) is 5.32 Å². The van der Waals surface area contributed by atoms with Gasteiger partial charge in [-0.2, -0.15) is 0 Å². The number of aryl methyl sites for hydroxylation is 1. The molecule has 0 aliphatic rings.